The molecule has 4 rings (SSSR count). The average molecular weight is 635 g/mol. The van der Waals surface area contributed by atoms with E-state index in [0.29, 0.717) is 42.7 Å². The zero-order valence-corrected chi connectivity index (χ0v) is 24.2. The van der Waals surface area contributed by atoms with Crippen molar-refractivity contribution < 1.29 is 19.0 Å². The molecule has 1 aromatic heterocycles. The third kappa shape index (κ3) is 5.90. The first-order valence-electron chi connectivity index (χ1n) is 12.3. The minimum Gasteiger partial charge on any atom is -0.493 e. The number of halogens is 2. The number of carbonyl (C=O) groups is 1. The monoisotopic (exact) mass is 633 g/mol. The van der Waals surface area contributed by atoms with E-state index in [1.54, 1.807) is 32.2 Å². The maximum atomic E-state index is 13.5. The Morgan fingerprint density at radius 3 is 2.65 bits per heavy atom. The van der Waals surface area contributed by atoms with Crippen LogP contribution < -0.4 is 15.0 Å². The summed E-state index contributed by atoms with van der Waals surface area (Å²) in [5.74, 6) is 1.12. The maximum Gasteiger partial charge on any atom is 0.347 e. The van der Waals surface area contributed by atoms with E-state index in [1.165, 1.54) is 18.2 Å². The summed E-state index contributed by atoms with van der Waals surface area (Å²) < 4.78 is 19.0. The molecule has 2 aromatic carbocycles. The summed E-state index contributed by atoms with van der Waals surface area (Å²) in [6.07, 6.45) is 6.14. The van der Waals surface area contributed by atoms with Crippen LogP contribution in [0.4, 0.5) is 0 Å². The van der Waals surface area contributed by atoms with Crippen LogP contribution >= 0.6 is 31.9 Å². The SMILES string of the molecule is CCOC(=O)[C@H](C)Oc1c(OC)cc(C=Nn2c(C3CCCCC3)nc3ccccc3c2=O)c(Br)c1Br. The van der Waals surface area contributed by atoms with Gasteiger partial charge < -0.3 is 14.2 Å². The van der Waals surface area contributed by atoms with Crippen molar-refractivity contribution in [2.45, 2.75) is 58.0 Å². The summed E-state index contributed by atoms with van der Waals surface area (Å²) in [4.78, 5) is 30.4. The molecule has 10 heteroatoms. The molecule has 0 aliphatic heterocycles. The number of carbonyl (C=O) groups excluding carboxylic acids is 1. The second kappa shape index (κ2) is 12.2. The van der Waals surface area contributed by atoms with E-state index in [4.69, 9.17) is 19.2 Å². The minimum absolute atomic E-state index is 0.174. The van der Waals surface area contributed by atoms with Crippen LogP contribution in [0.2, 0.25) is 0 Å². The Morgan fingerprint density at radius 2 is 1.95 bits per heavy atom. The van der Waals surface area contributed by atoms with E-state index in [0.717, 1.165) is 25.7 Å². The number of esters is 1. The van der Waals surface area contributed by atoms with Crippen molar-refractivity contribution in [1.82, 2.24) is 9.66 Å². The Kier molecular flexibility index (Phi) is 9.02. The van der Waals surface area contributed by atoms with Gasteiger partial charge in [0, 0.05) is 16.0 Å². The number of methoxy groups -OCH3 is 1. The lowest BCUT2D eigenvalue weighted by atomic mass is 9.88. The summed E-state index contributed by atoms with van der Waals surface area (Å²) in [6, 6.07) is 9.08. The van der Waals surface area contributed by atoms with Gasteiger partial charge in [0.1, 0.15) is 5.82 Å². The number of fused-ring (bicyclic) bond motifs is 1. The van der Waals surface area contributed by atoms with Crippen molar-refractivity contribution in [3.8, 4) is 11.5 Å². The van der Waals surface area contributed by atoms with Crippen LogP contribution in [-0.4, -0.2) is 41.7 Å². The number of hydrogen-bond acceptors (Lipinski definition) is 7. The van der Waals surface area contributed by atoms with Gasteiger partial charge in [0.25, 0.3) is 5.56 Å². The number of ether oxygens (including phenoxy) is 3. The zero-order chi connectivity index (χ0) is 26.5. The van der Waals surface area contributed by atoms with E-state index in [-0.39, 0.29) is 18.1 Å². The van der Waals surface area contributed by atoms with Crippen molar-refractivity contribution in [2.24, 2.45) is 5.10 Å². The lowest BCUT2D eigenvalue weighted by Crippen LogP contribution is -2.26. The molecule has 1 heterocycles. The maximum absolute atomic E-state index is 13.5. The highest BCUT2D eigenvalue weighted by Gasteiger charge is 2.24. The van der Waals surface area contributed by atoms with Gasteiger partial charge in [0.05, 0.1) is 35.3 Å². The van der Waals surface area contributed by atoms with Crippen molar-refractivity contribution in [1.29, 1.82) is 0 Å². The predicted molar refractivity (Wildman–Crippen MR) is 150 cm³/mol. The summed E-state index contributed by atoms with van der Waals surface area (Å²) in [5, 5.41) is 5.14. The Morgan fingerprint density at radius 1 is 1.22 bits per heavy atom. The van der Waals surface area contributed by atoms with E-state index < -0.39 is 12.1 Å². The fourth-order valence-electron chi connectivity index (χ4n) is 4.44. The summed E-state index contributed by atoms with van der Waals surface area (Å²) in [5.41, 5.74) is 1.13. The molecule has 0 spiro atoms. The first-order valence-corrected chi connectivity index (χ1v) is 13.9. The Labute approximate surface area is 232 Å². The molecule has 0 bridgehead atoms. The minimum atomic E-state index is -0.836. The van der Waals surface area contributed by atoms with Gasteiger partial charge in [-0.2, -0.15) is 9.78 Å². The largest absolute Gasteiger partial charge is 0.493 e. The second-order valence-electron chi connectivity index (χ2n) is 8.82. The topological polar surface area (TPSA) is 92.0 Å². The third-order valence-corrected chi connectivity index (χ3v) is 8.49. The molecule has 0 saturated heterocycles. The summed E-state index contributed by atoms with van der Waals surface area (Å²) in [6.45, 7) is 3.61. The van der Waals surface area contributed by atoms with Gasteiger partial charge in [-0.15, -0.1) is 0 Å². The second-order valence-corrected chi connectivity index (χ2v) is 10.4. The first kappa shape index (κ1) is 27.3. The van der Waals surface area contributed by atoms with Crippen LogP contribution in [-0.2, 0) is 9.53 Å². The molecule has 1 saturated carbocycles. The average Bonchev–Trinajstić information content (AvgIpc) is 2.92. The lowest BCUT2D eigenvalue weighted by molar-refractivity contribution is -0.150. The normalized spacial score (nSPS) is 15.2. The molecule has 196 valence electrons. The van der Waals surface area contributed by atoms with Crippen molar-refractivity contribution in [2.75, 3.05) is 13.7 Å². The third-order valence-electron chi connectivity index (χ3n) is 6.35. The Balaban J connectivity index is 1.76. The fraction of sp³-hybridized carbons (Fsp3) is 0.407. The van der Waals surface area contributed by atoms with Crippen LogP contribution in [0.1, 0.15) is 63.3 Å². The molecule has 0 N–H and O–H groups in total. The quantitative estimate of drug-likeness (QED) is 0.217. The van der Waals surface area contributed by atoms with Gasteiger partial charge in [-0.1, -0.05) is 31.4 Å². The van der Waals surface area contributed by atoms with Crippen LogP contribution in [0.3, 0.4) is 0 Å². The number of nitrogens with zero attached hydrogens (tertiary/aromatic N) is 3. The molecule has 1 aliphatic carbocycles. The fourth-order valence-corrected chi connectivity index (χ4v) is 5.36. The van der Waals surface area contributed by atoms with Crippen LogP contribution in [0, 0.1) is 0 Å². The number of aromatic nitrogens is 2. The van der Waals surface area contributed by atoms with E-state index >= 15 is 0 Å². The zero-order valence-electron chi connectivity index (χ0n) is 21.0. The molecule has 1 fully saturated rings. The molecule has 0 amide bonds. The Bertz CT molecular complexity index is 1380. The van der Waals surface area contributed by atoms with Gasteiger partial charge in [-0.25, -0.2) is 9.78 Å². The van der Waals surface area contributed by atoms with Crippen molar-refractivity contribution in [3.63, 3.8) is 0 Å². The molecule has 3 aromatic rings. The summed E-state index contributed by atoms with van der Waals surface area (Å²) in [7, 11) is 1.51. The smallest absolute Gasteiger partial charge is 0.347 e. The van der Waals surface area contributed by atoms with E-state index in [1.807, 2.05) is 18.2 Å². The number of para-hydroxylation sites is 1. The van der Waals surface area contributed by atoms with Crippen molar-refractivity contribution in [3.05, 3.63) is 61.0 Å². The Hall–Kier alpha value is -2.72. The number of hydrogen-bond donors (Lipinski definition) is 0. The van der Waals surface area contributed by atoms with E-state index in [9.17, 15) is 9.59 Å². The van der Waals surface area contributed by atoms with Crippen LogP contribution in [0.15, 0.2) is 49.2 Å². The van der Waals surface area contributed by atoms with Crippen LogP contribution in [0.25, 0.3) is 10.9 Å². The highest BCUT2D eigenvalue weighted by molar-refractivity contribution is 9.13. The lowest BCUT2D eigenvalue weighted by Gasteiger charge is -2.22. The van der Waals surface area contributed by atoms with Gasteiger partial charge in [0.15, 0.2) is 17.6 Å². The molecule has 37 heavy (non-hydrogen) atoms. The standard InChI is InChI=1S/C27H29Br2N3O5/c1-4-36-27(34)16(2)37-24-21(35-3)14-18(22(28)23(24)29)15-30-32-25(17-10-6-5-7-11-17)31-20-13-9-8-12-19(20)26(32)33/h8-9,12-17H,4-7,10-11H2,1-3H3/t16-/m0/s1. The molecule has 0 radical (unpaired) electrons. The highest BCUT2D eigenvalue weighted by Crippen LogP contribution is 2.43. The molecular weight excluding hydrogens is 606 g/mol. The molecule has 8 nitrogen and oxygen atoms in total. The number of benzene rings is 2. The molecular formula is C27H29Br2N3O5. The molecule has 1 aliphatic rings. The highest BCUT2D eigenvalue weighted by atomic mass is 79.9. The van der Waals surface area contributed by atoms with Crippen molar-refractivity contribution >= 4 is 54.9 Å². The first-order chi connectivity index (χ1) is 17.8. The molecule has 1 atom stereocenters. The van der Waals surface area contributed by atoms with Crippen LogP contribution in [0.5, 0.6) is 11.5 Å². The van der Waals surface area contributed by atoms with Gasteiger partial charge in [-0.3, -0.25) is 4.79 Å². The number of rotatable bonds is 8. The van der Waals surface area contributed by atoms with Gasteiger partial charge >= 0.3 is 5.97 Å². The van der Waals surface area contributed by atoms with E-state index in [2.05, 4.69) is 37.0 Å². The summed E-state index contributed by atoms with van der Waals surface area (Å²) >= 11 is 7.13. The predicted octanol–water partition coefficient (Wildman–Crippen LogP) is 6.19. The molecule has 0 unspecified atom stereocenters. The van der Waals surface area contributed by atoms with Gasteiger partial charge in [0.2, 0.25) is 0 Å². The van der Waals surface area contributed by atoms with Gasteiger partial charge in [-0.05, 0) is 76.7 Å².